The molecule has 2 heterocycles. The molecule has 24 heavy (non-hydrogen) atoms. The molecule has 1 aliphatic carbocycles. The molecule has 6 nitrogen and oxygen atoms in total. The number of nitrogens with zero attached hydrogens (tertiary/aromatic N) is 3. The lowest BCUT2D eigenvalue weighted by molar-refractivity contribution is -0.117. The third-order valence-corrected chi connectivity index (χ3v) is 5.93. The van der Waals surface area contributed by atoms with Gasteiger partial charge in [0.2, 0.25) is 5.91 Å². The molecular weight excluding hydrogens is 322 g/mol. The summed E-state index contributed by atoms with van der Waals surface area (Å²) in [5.41, 5.74) is 3.74. The normalized spacial score (nSPS) is 17.1. The Morgan fingerprint density at radius 1 is 1.46 bits per heavy atom. The summed E-state index contributed by atoms with van der Waals surface area (Å²) in [6.45, 7) is 6.32. The molecule has 2 aromatic rings. The molecule has 3 rings (SSSR count). The molecule has 130 valence electrons. The van der Waals surface area contributed by atoms with Crippen molar-refractivity contribution in [2.45, 2.75) is 52.5 Å². The molecule has 1 aliphatic rings. The fraction of sp³-hybridized carbons (Fsp3) is 0.588. The number of aromatic nitrogens is 3. The molecule has 2 N–H and O–H groups in total. The zero-order valence-corrected chi connectivity index (χ0v) is 15.6. The highest BCUT2D eigenvalue weighted by atomic mass is 32.1. The Balaban J connectivity index is 1.68. The minimum Gasteiger partial charge on any atom is -0.322 e. The standard InChI is InChI=1S/C17H25N5OS/c1-5-15-18-12-7-6-8-13(17(12)24-15)22(4)9-14(23)19-16-10(2)20-21-11(16)3/h13H,5-9H2,1-4H3,(H,19,23)(H,20,21)/t13-/m1/s1. The van der Waals surface area contributed by atoms with E-state index in [0.29, 0.717) is 12.6 Å². The van der Waals surface area contributed by atoms with Crippen LogP contribution in [0, 0.1) is 13.8 Å². The molecule has 0 saturated heterocycles. The number of hydrogen-bond acceptors (Lipinski definition) is 5. The number of fused-ring (bicyclic) bond motifs is 1. The first kappa shape index (κ1) is 17.1. The zero-order valence-electron chi connectivity index (χ0n) is 14.8. The SMILES string of the molecule is CCc1nc2c(s1)[C@H](N(C)CC(=O)Nc1c(C)n[nH]c1C)CCC2. The Bertz CT molecular complexity index is 716. The Kier molecular flexibility index (Phi) is 5.01. The Labute approximate surface area is 146 Å². The lowest BCUT2D eigenvalue weighted by Crippen LogP contribution is -2.34. The molecule has 0 radical (unpaired) electrons. The predicted octanol–water partition coefficient (Wildman–Crippen LogP) is 2.99. The van der Waals surface area contributed by atoms with Crippen molar-refractivity contribution in [3.05, 3.63) is 27.0 Å². The lowest BCUT2D eigenvalue weighted by Gasteiger charge is -2.30. The Morgan fingerprint density at radius 3 is 2.92 bits per heavy atom. The van der Waals surface area contributed by atoms with Gasteiger partial charge in [0.1, 0.15) is 0 Å². The van der Waals surface area contributed by atoms with E-state index in [0.717, 1.165) is 42.8 Å². The van der Waals surface area contributed by atoms with Gasteiger partial charge in [-0.25, -0.2) is 4.98 Å². The van der Waals surface area contributed by atoms with Crippen LogP contribution >= 0.6 is 11.3 Å². The van der Waals surface area contributed by atoms with E-state index in [1.807, 2.05) is 32.2 Å². The van der Waals surface area contributed by atoms with Gasteiger partial charge in [-0.15, -0.1) is 11.3 Å². The second kappa shape index (κ2) is 7.03. The Morgan fingerprint density at radius 2 is 2.25 bits per heavy atom. The van der Waals surface area contributed by atoms with Crippen LogP contribution < -0.4 is 5.32 Å². The Hall–Kier alpha value is -1.73. The lowest BCUT2D eigenvalue weighted by atomic mass is 9.97. The van der Waals surface area contributed by atoms with Crippen molar-refractivity contribution in [3.8, 4) is 0 Å². The molecular formula is C17H25N5OS. The predicted molar refractivity (Wildman–Crippen MR) is 96.5 cm³/mol. The average molecular weight is 347 g/mol. The molecule has 1 atom stereocenters. The minimum atomic E-state index is -0.00236. The number of thiazole rings is 1. The number of anilines is 1. The topological polar surface area (TPSA) is 73.9 Å². The quantitative estimate of drug-likeness (QED) is 0.872. The van der Waals surface area contributed by atoms with Gasteiger partial charge in [0, 0.05) is 10.9 Å². The molecule has 0 spiro atoms. The van der Waals surface area contributed by atoms with Gasteiger partial charge < -0.3 is 5.32 Å². The van der Waals surface area contributed by atoms with E-state index in [1.54, 1.807) is 0 Å². The maximum Gasteiger partial charge on any atom is 0.238 e. The summed E-state index contributed by atoms with van der Waals surface area (Å²) in [6, 6.07) is 0.295. The van der Waals surface area contributed by atoms with E-state index in [4.69, 9.17) is 4.98 Å². The first-order valence-corrected chi connectivity index (χ1v) is 9.31. The van der Waals surface area contributed by atoms with E-state index >= 15 is 0 Å². The van der Waals surface area contributed by atoms with Crippen LogP contribution in [-0.2, 0) is 17.6 Å². The molecule has 1 amide bonds. The summed E-state index contributed by atoms with van der Waals surface area (Å²) in [6.07, 6.45) is 4.27. The highest BCUT2D eigenvalue weighted by Crippen LogP contribution is 2.37. The molecule has 0 saturated carbocycles. The number of aromatic amines is 1. The summed E-state index contributed by atoms with van der Waals surface area (Å²) < 4.78 is 0. The van der Waals surface area contributed by atoms with E-state index in [9.17, 15) is 4.79 Å². The highest BCUT2D eigenvalue weighted by Gasteiger charge is 2.28. The molecule has 7 heteroatoms. The zero-order chi connectivity index (χ0) is 17.3. The van der Waals surface area contributed by atoms with Crippen molar-refractivity contribution in [2.75, 3.05) is 18.9 Å². The third kappa shape index (κ3) is 3.37. The number of nitrogens with one attached hydrogen (secondary N) is 2. The number of likely N-dealkylation sites (N-methyl/N-ethyl adjacent to an activating group) is 1. The second-order valence-electron chi connectivity index (χ2n) is 6.45. The summed E-state index contributed by atoms with van der Waals surface area (Å²) in [7, 11) is 2.03. The van der Waals surface area contributed by atoms with Gasteiger partial charge in [0.25, 0.3) is 0 Å². The van der Waals surface area contributed by atoms with Crippen molar-refractivity contribution in [2.24, 2.45) is 0 Å². The molecule has 0 unspecified atom stereocenters. The summed E-state index contributed by atoms with van der Waals surface area (Å²) in [5, 5.41) is 11.2. The van der Waals surface area contributed by atoms with Gasteiger partial charge in [-0.2, -0.15) is 5.10 Å². The van der Waals surface area contributed by atoms with Crippen molar-refractivity contribution in [1.29, 1.82) is 0 Å². The van der Waals surface area contributed by atoms with Gasteiger partial charge in [-0.1, -0.05) is 6.92 Å². The van der Waals surface area contributed by atoms with Crippen LogP contribution in [0.1, 0.15) is 52.8 Å². The highest BCUT2D eigenvalue weighted by molar-refractivity contribution is 7.11. The van der Waals surface area contributed by atoms with Crippen LogP contribution in [0.15, 0.2) is 0 Å². The van der Waals surface area contributed by atoms with Crippen molar-refractivity contribution >= 4 is 22.9 Å². The largest absolute Gasteiger partial charge is 0.322 e. The average Bonchev–Trinajstić information content (AvgIpc) is 3.12. The number of amides is 1. The molecule has 0 bridgehead atoms. The molecule has 0 fully saturated rings. The fourth-order valence-electron chi connectivity index (χ4n) is 3.27. The number of H-pyrrole nitrogens is 1. The number of carbonyl (C=O) groups is 1. The first-order chi connectivity index (χ1) is 11.5. The molecule has 0 aliphatic heterocycles. The van der Waals surface area contributed by atoms with Crippen molar-refractivity contribution in [1.82, 2.24) is 20.1 Å². The van der Waals surface area contributed by atoms with Crippen LogP contribution in [0.2, 0.25) is 0 Å². The fourth-order valence-corrected chi connectivity index (χ4v) is 4.52. The van der Waals surface area contributed by atoms with Crippen LogP contribution in [0.5, 0.6) is 0 Å². The van der Waals surface area contributed by atoms with Crippen LogP contribution in [0.25, 0.3) is 0 Å². The van der Waals surface area contributed by atoms with Crippen molar-refractivity contribution < 1.29 is 4.79 Å². The molecule has 2 aromatic heterocycles. The van der Waals surface area contributed by atoms with Crippen LogP contribution in [0.3, 0.4) is 0 Å². The van der Waals surface area contributed by atoms with Crippen LogP contribution in [-0.4, -0.2) is 39.6 Å². The number of hydrogen-bond donors (Lipinski definition) is 2. The number of aryl methyl sites for hydroxylation is 4. The van der Waals surface area contributed by atoms with E-state index < -0.39 is 0 Å². The summed E-state index contributed by atoms with van der Waals surface area (Å²) in [4.78, 5) is 20.7. The van der Waals surface area contributed by atoms with E-state index in [1.165, 1.54) is 15.6 Å². The van der Waals surface area contributed by atoms with Gasteiger partial charge in [-0.05, 0) is 46.6 Å². The van der Waals surface area contributed by atoms with Crippen LogP contribution in [0.4, 0.5) is 5.69 Å². The van der Waals surface area contributed by atoms with Gasteiger partial charge >= 0.3 is 0 Å². The second-order valence-corrected chi connectivity index (χ2v) is 7.57. The van der Waals surface area contributed by atoms with E-state index in [2.05, 4.69) is 27.3 Å². The minimum absolute atomic E-state index is 0.00236. The molecule has 0 aromatic carbocycles. The van der Waals surface area contributed by atoms with E-state index in [-0.39, 0.29) is 5.91 Å². The maximum absolute atomic E-state index is 12.4. The smallest absolute Gasteiger partial charge is 0.238 e. The number of rotatable bonds is 5. The maximum atomic E-state index is 12.4. The summed E-state index contributed by atoms with van der Waals surface area (Å²) in [5.74, 6) is -0.00236. The first-order valence-electron chi connectivity index (χ1n) is 8.49. The van der Waals surface area contributed by atoms with Gasteiger partial charge in [0.05, 0.1) is 34.3 Å². The van der Waals surface area contributed by atoms with Gasteiger partial charge in [-0.3, -0.25) is 14.8 Å². The van der Waals surface area contributed by atoms with Crippen molar-refractivity contribution in [3.63, 3.8) is 0 Å². The summed E-state index contributed by atoms with van der Waals surface area (Å²) >= 11 is 1.81. The van der Waals surface area contributed by atoms with Gasteiger partial charge in [0.15, 0.2) is 0 Å². The number of carbonyl (C=O) groups excluding carboxylic acids is 1. The third-order valence-electron chi connectivity index (χ3n) is 4.59. The monoisotopic (exact) mass is 347 g/mol.